The molecule has 0 radical (unpaired) electrons. The van der Waals surface area contributed by atoms with E-state index in [-0.39, 0.29) is 0 Å². The van der Waals surface area contributed by atoms with Gasteiger partial charge in [-0.2, -0.15) is 0 Å². The van der Waals surface area contributed by atoms with Gasteiger partial charge in [-0.15, -0.1) is 0 Å². The predicted octanol–water partition coefficient (Wildman–Crippen LogP) is 3.17. The highest BCUT2D eigenvalue weighted by Crippen LogP contribution is 2.12. The van der Waals surface area contributed by atoms with Crippen molar-refractivity contribution in [2.75, 3.05) is 5.32 Å². The molecule has 0 saturated carbocycles. The highest BCUT2D eigenvalue weighted by molar-refractivity contribution is 6.30. The number of nitrogens with zero attached hydrogens (tertiary/aromatic N) is 2. The van der Waals surface area contributed by atoms with Crippen LogP contribution in [-0.4, -0.2) is 16.0 Å². The van der Waals surface area contributed by atoms with Gasteiger partial charge < -0.3 is 5.32 Å². The molecule has 88 valence electrons. The van der Waals surface area contributed by atoms with Crippen LogP contribution in [0.3, 0.4) is 0 Å². The van der Waals surface area contributed by atoms with Crippen molar-refractivity contribution in [3.05, 3.63) is 53.6 Å². The topological polar surface area (TPSA) is 37.8 Å². The molecule has 0 saturated heterocycles. The number of anilines is 1. The van der Waals surface area contributed by atoms with Gasteiger partial charge in [-0.25, -0.2) is 9.97 Å². The molecular weight excluding hydrogens is 234 g/mol. The summed E-state index contributed by atoms with van der Waals surface area (Å²) >= 11 is 5.85. The average molecular weight is 248 g/mol. The molecule has 0 aliphatic rings. The first kappa shape index (κ1) is 11.9. The van der Waals surface area contributed by atoms with Gasteiger partial charge in [-0.3, -0.25) is 0 Å². The average Bonchev–Trinajstić information content (AvgIpc) is 2.33. The Morgan fingerprint density at radius 1 is 1.18 bits per heavy atom. The fourth-order valence-electron chi connectivity index (χ4n) is 1.68. The van der Waals surface area contributed by atoms with Crippen molar-refractivity contribution in [3.63, 3.8) is 0 Å². The Hall–Kier alpha value is -1.61. The molecule has 1 aromatic heterocycles. The normalized spacial score (nSPS) is 12.1. The fraction of sp³-hybridized carbons (Fsp3) is 0.231. The number of nitrogens with one attached hydrogen (secondary N) is 1. The summed E-state index contributed by atoms with van der Waals surface area (Å²) in [6, 6.07) is 8.23. The third-order valence-corrected chi connectivity index (χ3v) is 2.68. The van der Waals surface area contributed by atoms with E-state index in [2.05, 4.69) is 22.2 Å². The minimum absolute atomic E-state index is 0.321. The molecular formula is C13H14ClN3. The van der Waals surface area contributed by atoms with Crippen LogP contribution in [0.2, 0.25) is 5.02 Å². The Bertz CT molecular complexity index is 456. The van der Waals surface area contributed by atoms with E-state index in [1.54, 1.807) is 12.4 Å². The molecule has 0 amide bonds. The molecule has 1 atom stereocenters. The monoisotopic (exact) mass is 247 g/mol. The first-order valence-corrected chi connectivity index (χ1v) is 5.88. The van der Waals surface area contributed by atoms with Gasteiger partial charge in [0.1, 0.15) is 6.33 Å². The van der Waals surface area contributed by atoms with Crippen LogP contribution in [0.5, 0.6) is 0 Å². The van der Waals surface area contributed by atoms with Crippen molar-refractivity contribution < 1.29 is 0 Å². The van der Waals surface area contributed by atoms with E-state index in [1.807, 2.05) is 24.3 Å². The Kier molecular flexibility index (Phi) is 3.94. The zero-order valence-corrected chi connectivity index (χ0v) is 10.4. The van der Waals surface area contributed by atoms with Gasteiger partial charge in [0, 0.05) is 11.1 Å². The molecule has 1 aromatic carbocycles. The molecule has 1 unspecified atom stereocenters. The van der Waals surface area contributed by atoms with Crippen molar-refractivity contribution >= 4 is 17.3 Å². The Morgan fingerprint density at radius 2 is 1.82 bits per heavy atom. The SMILES string of the molecule is CC(Cc1ccc(Cl)cc1)Nc1cncnc1. The number of halogens is 1. The first-order valence-electron chi connectivity index (χ1n) is 5.50. The van der Waals surface area contributed by atoms with Crippen LogP contribution in [0.25, 0.3) is 0 Å². The quantitative estimate of drug-likeness (QED) is 0.902. The molecule has 0 fully saturated rings. The van der Waals surface area contributed by atoms with Crippen molar-refractivity contribution in [3.8, 4) is 0 Å². The molecule has 0 spiro atoms. The fourth-order valence-corrected chi connectivity index (χ4v) is 1.81. The lowest BCUT2D eigenvalue weighted by molar-refractivity contribution is 0.788. The second-order valence-corrected chi connectivity index (χ2v) is 4.44. The van der Waals surface area contributed by atoms with Crippen LogP contribution in [-0.2, 0) is 6.42 Å². The lowest BCUT2D eigenvalue weighted by Gasteiger charge is -2.14. The summed E-state index contributed by atoms with van der Waals surface area (Å²) in [6.45, 7) is 2.13. The number of rotatable bonds is 4. The molecule has 2 aromatic rings. The van der Waals surface area contributed by atoms with E-state index in [0.717, 1.165) is 17.1 Å². The van der Waals surface area contributed by atoms with Gasteiger partial charge in [-0.1, -0.05) is 23.7 Å². The smallest absolute Gasteiger partial charge is 0.115 e. The number of hydrogen-bond acceptors (Lipinski definition) is 3. The minimum atomic E-state index is 0.321. The Balaban J connectivity index is 1.93. The maximum atomic E-state index is 5.85. The van der Waals surface area contributed by atoms with E-state index in [4.69, 9.17) is 11.6 Å². The summed E-state index contributed by atoms with van der Waals surface area (Å²) in [6.07, 6.45) is 6.00. The molecule has 2 rings (SSSR count). The molecule has 17 heavy (non-hydrogen) atoms. The molecule has 1 heterocycles. The molecule has 3 nitrogen and oxygen atoms in total. The summed E-state index contributed by atoms with van der Waals surface area (Å²) in [5, 5.41) is 4.12. The summed E-state index contributed by atoms with van der Waals surface area (Å²) in [5.74, 6) is 0. The minimum Gasteiger partial charge on any atom is -0.380 e. The van der Waals surface area contributed by atoms with Gasteiger partial charge in [0.25, 0.3) is 0 Å². The maximum absolute atomic E-state index is 5.85. The number of benzene rings is 1. The maximum Gasteiger partial charge on any atom is 0.115 e. The van der Waals surface area contributed by atoms with Crippen LogP contribution in [0.15, 0.2) is 43.0 Å². The van der Waals surface area contributed by atoms with E-state index < -0.39 is 0 Å². The molecule has 4 heteroatoms. The van der Waals surface area contributed by atoms with Crippen LogP contribution in [0.4, 0.5) is 5.69 Å². The number of hydrogen-bond donors (Lipinski definition) is 1. The van der Waals surface area contributed by atoms with Crippen molar-refractivity contribution in [1.82, 2.24) is 9.97 Å². The second-order valence-electron chi connectivity index (χ2n) is 4.00. The van der Waals surface area contributed by atoms with Gasteiger partial charge in [0.05, 0.1) is 18.1 Å². The van der Waals surface area contributed by atoms with Crippen LogP contribution in [0.1, 0.15) is 12.5 Å². The predicted molar refractivity (Wildman–Crippen MR) is 70.3 cm³/mol. The van der Waals surface area contributed by atoms with Gasteiger partial charge in [0.2, 0.25) is 0 Å². The largest absolute Gasteiger partial charge is 0.380 e. The van der Waals surface area contributed by atoms with Crippen LogP contribution < -0.4 is 5.32 Å². The summed E-state index contributed by atoms with van der Waals surface area (Å²) < 4.78 is 0. The molecule has 1 N–H and O–H groups in total. The Morgan fingerprint density at radius 3 is 2.47 bits per heavy atom. The van der Waals surface area contributed by atoms with Gasteiger partial charge in [0.15, 0.2) is 0 Å². The van der Waals surface area contributed by atoms with Crippen LogP contribution in [0, 0.1) is 0 Å². The lowest BCUT2D eigenvalue weighted by Crippen LogP contribution is -2.18. The highest BCUT2D eigenvalue weighted by atomic mass is 35.5. The third-order valence-electron chi connectivity index (χ3n) is 2.43. The number of aromatic nitrogens is 2. The molecule has 0 aliphatic heterocycles. The van der Waals surface area contributed by atoms with Gasteiger partial charge in [-0.05, 0) is 31.0 Å². The van der Waals surface area contributed by atoms with E-state index in [9.17, 15) is 0 Å². The molecule has 0 aliphatic carbocycles. The Labute approximate surface area is 106 Å². The summed E-state index contributed by atoms with van der Waals surface area (Å²) in [7, 11) is 0. The van der Waals surface area contributed by atoms with E-state index in [1.165, 1.54) is 11.9 Å². The van der Waals surface area contributed by atoms with Crippen molar-refractivity contribution in [2.45, 2.75) is 19.4 Å². The van der Waals surface area contributed by atoms with Crippen molar-refractivity contribution in [1.29, 1.82) is 0 Å². The zero-order chi connectivity index (χ0) is 12.1. The highest BCUT2D eigenvalue weighted by Gasteiger charge is 2.03. The first-order chi connectivity index (χ1) is 8.24. The summed E-state index contributed by atoms with van der Waals surface area (Å²) in [4.78, 5) is 7.93. The third kappa shape index (κ3) is 3.71. The van der Waals surface area contributed by atoms with E-state index in [0.29, 0.717) is 6.04 Å². The van der Waals surface area contributed by atoms with Crippen LogP contribution >= 0.6 is 11.6 Å². The zero-order valence-electron chi connectivity index (χ0n) is 9.60. The molecule has 0 bridgehead atoms. The van der Waals surface area contributed by atoms with Crippen molar-refractivity contribution in [2.24, 2.45) is 0 Å². The van der Waals surface area contributed by atoms with E-state index >= 15 is 0 Å². The standard InChI is InChI=1S/C13H14ClN3/c1-10(17-13-7-15-9-16-8-13)6-11-2-4-12(14)5-3-11/h2-5,7-10,17H,6H2,1H3. The lowest BCUT2D eigenvalue weighted by atomic mass is 10.1. The second kappa shape index (κ2) is 5.64. The van der Waals surface area contributed by atoms with Gasteiger partial charge >= 0.3 is 0 Å². The summed E-state index contributed by atoms with van der Waals surface area (Å²) in [5.41, 5.74) is 2.19.